The summed E-state index contributed by atoms with van der Waals surface area (Å²) < 4.78 is 1.81. The molecule has 1 aliphatic rings. The van der Waals surface area contributed by atoms with E-state index in [0.717, 1.165) is 36.5 Å². The lowest BCUT2D eigenvalue weighted by molar-refractivity contribution is 0.111. The molecule has 112 valence electrons. The smallest absolute Gasteiger partial charge is 0.260 e. The molecule has 4 rings (SSSR count). The second-order valence-electron chi connectivity index (χ2n) is 5.94. The summed E-state index contributed by atoms with van der Waals surface area (Å²) in [4.78, 5) is 21.5. The summed E-state index contributed by atoms with van der Waals surface area (Å²) >= 11 is 0. The Bertz CT molecular complexity index is 895. The van der Waals surface area contributed by atoms with Crippen molar-refractivity contribution in [1.29, 1.82) is 0 Å². The molecule has 22 heavy (non-hydrogen) atoms. The summed E-state index contributed by atoms with van der Waals surface area (Å²) in [5.41, 5.74) is 0.697. The van der Waals surface area contributed by atoms with Crippen molar-refractivity contribution in [1.82, 2.24) is 14.5 Å². The fourth-order valence-corrected chi connectivity index (χ4v) is 3.49. The van der Waals surface area contributed by atoms with Gasteiger partial charge in [-0.25, -0.2) is 9.97 Å². The van der Waals surface area contributed by atoms with Crippen LogP contribution in [0.1, 0.15) is 31.7 Å². The third kappa shape index (κ3) is 2.01. The largest absolute Gasteiger partial charge is 0.393 e. The first-order chi connectivity index (χ1) is 10.8. The second-order valence-corrected chi connectivity index (χ2v) is 5.94. The Morgan fingerprint density at radius 3 is 2.55 bits per heavy atom. The Morgan fingerprint density at radius 2 is 1.77 bits per heavy atom. The van der Waals surface area contributed by atoms with Crippen LogP contribution in [0.25, 0.3) is 21.8 Å². The molecule has 0 spiro atoms. The molecule has 5 nitrogen and oxygen atoms in total. The average molecular weight is 295 g/mol. The van der Waals surface area contributed by atoms with E-state index in [1.54, 1.807) is 6.20 Å². The number of pyridine rings is 1. The minimum Gasteiger partial charge on any atom is -0.393 e. The molecule has 0 radical (unpaired) electrons. The maximum atomic E-state index is 13.0. The van der Waals surface area contributed by atoms with E-state index in [1.165, 1.54) is 6.33 Å². The number of aromatic nitrogens is 3. The fourth-order valence-electron chi connectivity index (χ4n) is 3.49. The van der Waals surface area contributed by atoms with Crippen LogP contribution in [0.5, 0.6) is 0 Å². The molecule has 1 saturated carbocycles. The normalized spacial score (nSPS) is 22.2. The number of nitrogens with zero attached hydrogens (tertiary/aromatic N) is 3. The topological polar surface area (TPSA) is 68.0 Å². The monoisotopic (exact) mass is 295 g/mol. The van der Waals surface area contributed by atoms with Crippen LogP contribution in [-0.2, 0) is 0 Å². The lowest BCUT2D eigenvalue weighted by atomic mass is 9.92. The molecule has 1 N–H and O–H groups in total. The van der Waals surface area contributed by atoms with Gasteiger partial charge in [0.05, 0.1) is 6.10 Å². The Labute approximate surface area is 127 Å². The number of rotatable bonds is 1. The molecule has 0 atom stereocenters. The van der Waals surface area contributed by atoms with Gasteiger partial charge < -0.3 is 5.11 Å². The highest BCUT2D eigenvalue weighted by molar-refractivity contribution is 6.03. The number of aliphatic hydroxyl groups is 1. The third-order valence-electron chi connectivity index (χ3n) is 4.62. The van der Waals surface area contributed by atoms with E-state index in [1.807, 2.05) is 28.8 Å². The van der Waals surface area contributed by atoms with Crippen molar-refractivity contribution < 1.29 is 5.11 Å². The Balaban J connectivity index is 2.03. The molecule has 0 unspecified atom stereocenters. The first-order valence-electron chi connectivity index (χ1n) is 7.66. The van der Waals surface area contributed by atoms with Crippen LogP contribution in [0, 0.1) is 0 Å². The van der Waals surface area contributed by atoms with Crippen molar-refractivity contribution in [2.24, 2.45) is 0 Å². The molecule has 0 amide bonds. The van der Waals surface area contributed by atoms with Gasteiger partial charge in [0.15, 0.2) is 0 Å². The zero-order chi connectivity index (χ0) is 15.1. The minimum absolute atomic E-state index is 0.00295. The van der Waals surface area contributed by atoms with E-state index in [2.05, 4.69) is 9.97 Å². The van der Waals surface area contributed by atoms with Crippen molar-refractivity contribution in [2.45, 2.75) is 37.8 Å². The minimum atomic E-state index is -0.242. The van der Waals surface area contributed by atoms with Gasteiger partial charge in [-0.1, -0.05) is 18.2 Å². The van der Waals surface area contributed by atoms with Crippen LogP contribution in [0.4, 0.5) is 0 Å². The maximum absolute atomic E-state index is 13.0. The van der Waals surface area contributed by atoms with E-state index in [4.69, 9.17) is 0 Å². The molecule has 2 heterocycles. The lowest BCUT2D eigenvalue weighted by Gasteiger charge is -2.28. The highest BCUT2D eigenvalue weighted by Crippen LogP contribution is 2.31. The summed E-state index contributed by atoms with van der Waals surface area (Å²) in [6, 6.07) is 7.71. The predicted molar refractivity (Wildman–Crippen MR) is 84.8 cm³/mol. The molecule has 3 aromatic rings. The zero-order valence-electron chi connectivity index (χ0n) is 12.1. The standard InChI is InChI=1S/C17H17N3O2/c21-12-7-5-11(6-8-12)20-16-15(9-18-10-19-16)13-3-1-2-4-14(13)17(20)22/h1-4,9-12,21H,5-8H2. The number of hydrogen-bond donors (Lipinski definition) is 1. The van der Waals surface area contributed by atoms with E-state index < -0.39 is 0 Å². The molecule has 2 aromatic heterocycles. The number of hydrogen-bond acceptors (Lipinski definition) is 4. The van der Waals surface area contributed by atoms with Crippen molar-refractivity contribution in [3.05, 3.63) is 47.1 Å². The van der Waals surface area contributed by atoms with E-state index in [0.29, 0.717) is 11.0 Å². The van der Waals surface area contributed by atoms with Crippen molar-refractivity contribution >= 4 is 21.8 Å². The lowest BCUT2D eigenvalue weighted by Crippen LogP contribution is -2.30. The van der Waals surface area contributed by atoms with Crippen molar-refractivity contribution in [3.8, 4) is 0 Å². The van der Waals surface area contributed by atoms with Crippen molar-refractivity contribution in [2.75, 3.05) is 0 Å². The van der Waals surface area contributed by atoms with Gasteiger partial charge in [0.25, 0.3) is 5.56 Å². The molecule has 0 aliphatic heterocycles. The number of fused-ring (bicyclic) bond motifs is 3. The maximum Gasteiger partial charge on any atom is 0.260 e. The molecular formula is C17H17N3O2. The first kappa shape index (κ1) is 13.4. The van der Waals surface area contributed by atoms with Gasteiger partial charge in [0.1, 0.15) is 12.0 Å². The fraction of sp³-hybridized carbons (Fsp3) is 0.353. The van der Waals surface area contributed by atoms with Crippen LogP contribution >= 0.6 is 0 Å². The number of benzene rings is 1. The van der Waals surface area contributed by atoms with Gasteiger partial charge in [-0.2, -0.15) is 0 Å². The molecule has 1 fully saturated rings. The van der Waals surface area contributed by atoms with Gasteiger partial charge in [-0.3, -0.25) is 9.36 Å². The van der Waals surface area contributed by atoms with Gasteiger partial charge in [-0.05, 0) is 37.1 Å². The summed E-state index contributed by atoms with van der Waals surface area (Å²) in [7, 11) is 0. The second kappa shape index (κ2) is 5.18. The van der Waals surface area contributed by atoms with Crippen LogP contribution in [0.2, 0.25) is 0 Å². The number of aliphatic hydroxyl groups excluding tert-OH is 1. The van der Waals surface area contributed by atoms with Gasteiger partial charge in [-0.15, -0.1) is 0 Å². The highest BCUT2D eigenvalue weighted by Gasteiger charge is 2.24. The molecule has 0 saturated heterocycles. The Morgan fingerprint density at radius 1 is 1.05 bits per heavy atom. The van der Waals surface area contributed by atoms with E-state index in [9.17, 15) is 9.90 Å². The van der Waals surface area contributed by atoms with Gasteiger partial charge >= 0.3 is 0 Å². The van der Waals surface area contributed by atoms with E-state index in [-0.39, 0.29) is 17.7 Å². The van der Waals surface area contributed by atoms with Crippen molar-refractivity contribution in [3.63, 3.8) is 0 Å². The average Bonchev–Trinajstić information content (AvgIpc) is 2.57. The summed E-state index contributed by atoms with van der Waals surface area (Å²) in [5.74, 6) is 0. The zero-order valence-corrected chi connectivity index (χ0v) is 12.1. The summed E-state index contributed by atoms with van der Waals surface area (Å²) in [6.45, 7) is 0. The molecule has 1 aliphatic carbocycles. The molecule has 0 bridgehead atoms. The van der Waals surface area contributed by atoms with Crippen LogP contribution in [0.3, 0.4) is 0 Å². The molecule has 1 aromatic carbocycles. The predicted octanol–water partition coefficient (Wildman–Crippen LogP) is 2.42. The van der Waals surface area contributed by atoms with Crippen LogP contribution in [0.15, 0.2) is 41.6 Å². The highest BCUT2D eigenvalue weighted by atomic mass is 16.3. The Kier molecular flexibility index (Phi) is 3.15. The van der Waals surface area contributed by atoms with Crippen LogP contribution in [-0.4, -0.2) is 25.7 Å². The third-order valence-corrected chi connectivity index (χ3v) is 4.62. The molecular weight excluding hydrogens is 278 g/mol. The first-order valence-corrected chi connectivity index (χ1v) is 7.66. The molecule has 5 heteroatoms. The quantitative estimate of drug-likeness (QED) is 0.700. The van der Waals surface area contributed by atoms with E-state index >= 15 is 0 Å². The van der Waals surface area contributed by atoms with Crippen LogP contribution < -0.4 is 5.56 Å². The summed E-state index contributed by atoms with van der Waals surface area (Å²) in [6.07, 6.45) is 6.10. The van der Waals surface area contributed by atoms with Gasteiger partial charge in [0.2, 0.25) is 0 Å². The summed E-state index contributed by atoms with van der Waals surface area (Å²) in [5, 5.41) is 12.2. The van der Waals surface area contributed by atoms with Gasteiger partial charge in [0, 0.05) is 23.0 Å². The SMILES string of the molecule is O=c1c2ccccc2c2cncnc2n1C1CCC(O)CC1. The Hall–Kier alpha value is -2.27.